The summed E-state index contributed by atoms with van der Waals surface area (Å²) >= 11 is 0. The van der Waals surface area contributed by atoms with Crippen LogP contribution in [0.5, 0.6) is 0 Å². The summed E-state index contributed by atoms with van der Waals surface area (Å²) in [6.07, 6.45) is 0. The Labute approximate surface area is 111 Å². The number of hydrogen-bond acceptors (Lipinski definition) is 5. The first-order chi connectivity index (χ1) is 8.11. The van der Waals surface area contributed by atoms with Gasteiger partial charge < -0.3 is 40.0 Å². The van der Waals surface area contributed by atoms with E-state index in [1.807, 2.05) is 0 Å². The van der Waals surface area contributed by atoms with E-state index in [1.165, 1.54) is 0 Å². The van der Waals surface area contributed by atoms with Gasteiger partial charge in [-0.2, -0.15) is 0 Å². The number of aliphatic hydroxyl groups is 2. The maximum absolute atomic E-state index is 10.4. The van der Waals surface area contributed by atoms with Crippen LogP contribution in [0.15, 0.2) is 0 Å². The van der Waals surface area contributed by atoms with Crippen LogP contribution < -0.4 is 5.73 Å². The summed E-state index contributed by atoms with van der Waals surface area (Å²) in [5.74, 6) is -2.98. The SMILES string of the molecule is C[N+](C)(C)CC(O)P(=O)(O)O.NC(CO)P(=O)(O)O. The summed E-state index contributed by atoms with van der Waals surface area (Å²) in [6, 6.07) is 0. The summed E-state index contributed by atoms with van der Waals surface area (Å²) in [5.41, 5.74) is 4.74. The Hall–Kier alpha value is 0.140. The molecule has 10 nitrogen and oxygen atoms in total. The number of likely N-dealkylation sites (N-methyl/N-ethyl adjacent to an activating group) is 1. The number of nitrogens with zero attached hydrogens (tertiary/aromatic N) is 1. The van der Waals surface area contributed by atoms with Crippen molar-refractivity contribution in [2.24, 2.45) is 5.73 Å². The maximum Gasteiger partial charge on any atom is 0.359 e. The zero-order chi connectivity index (χ0) is 16.1. The molecule has 0 aromatic rings. The van der Waals surface area contributed by atoms with Crippen molar-refractivity contribution in [2.45, 2.75) is 11.6 Å². The monoisotopic (exact) mass is 325 g/mol. The van der Waals surface area contributed by atoms with Crippen LogP contribution in [0.1, 0.15) is 0 Å². The molecule has 0 aliphatic heterocycles. The Balaban J connectivity index is 0. The van der Waals surface area contributed by atoms with Crippen molar-refractivity contribution in [3.63, 3.8) is 0 Å². The van der Waals surface area contributed by atoms with Crippen molar-refractivity contribution in [2.75, 3.05) is 34.3 Å². The topological polar surface area (TPSA) is 182 Å². The highest BCUT2D eigenvalue weighted by Crippen LogP contribution is 2.40. The molecule has 0 heterocycles. The molecule has 0 aromatic carbocycles. The fourth-order valence-corrected chi connectivity index (χ4v) is 1.62. The second kappa shape index (κ2) is 7.80. The minimum atomic E-state index is -4.31. The van der Waals surface area contributed by atoms with Crippen molar-refractivity contribution >= 4 is 15.2 Å². The van der Waals surface area contributed by atoms with Gasteiger partial charge in [-0.1, -0.05) is 0 Å². The Morgan fingerprint density at radius 2 is 1.42 bits per heavy atom. The summed E-state index contributed by atoms with van der Waals surface area (Å²) in [6.45, 7) is -0.644. The van der Waals surface area contributed by atoms with Crippen molar-refractivity contribution in [1.82, 2.24) is 0 Å². The molecule has 0 fully saturated rings. The predicted octanol–water partition coefficient (Wildman–Crippen LogP) is -2.37. The fraction of sp³-hybridized carbons (Fsp3) is 1.00. The first-order valence-corrected chi connectivity index (χ1v) is 8.43. The van der Waals surface area contributed by atoms with E-state index in [0.29, 0.717) is 4.48 Å². The zero-order valence-corrected chi connectivity index (χ0v) is 12.8. The Morgan fingerprint density at radius 3 is 1.47 bits per heavy atom. The van der Waals surface area contributed by atoms with E-state index in [-0.39, 0.29) is 6.54 Å². The quantitative estimate of drug-likeness (QED) is 0.214. The lowest BCUT2D eigenvalue weighted by molar-refractivity contribution is -0.872. The van der Waals surface area contributed by atoms with Crippen molar-refractivity contribution in [3.05, 3.63) is 0 Å². The summed E-state index contributed by atoms with van der Waals surface area (Å²) in [7, 11) is -3.30. The van der Waals surface area contributed by atoms with Crippen LogP contribution in [0, 0.1) is 0 Å². The summed E-state index contributed by atoms with van der Waals surface area (Å²) < 4.78 is 20.7. The van der Waals surface area contributed by atoms with Crippen LogP contribution in [-0.2, 0) is 9.13 Å². The molecule has 0 saturated carbocycles. The van der Waals surface area contributed by atoms with Gasteiger partial charge >= 0.3 is 15.2 Å². The lowest BCUT2D eigenvalue weighted by Crippen LogP contribution is -2.41. The molecule has 0 amide bonds. The van der Waals surface area contributed by atoms with Gasteiger partial charge in [0.05, 0.1) is 27.7 Å². The largest absolute Gasteiger partial charge is 0.394 e. The lowest BCUT2D eigenvalue weighted by atomic mass is 10.5. The molecule has 8 N–H and O–H groups in total. The minimum absolute atomic E-state index is 0.0459. The molecule has 0 bridgehead atoms. The molecule has 2 atom stereocenters. The van der Waals surface area contributed by atoms with Crippen LogP contribution in [0.2, 0.25) is 0 Å². The van der Waals surface area contributed by atoms with Crippen LogP contribution in [0.25, 0.3) is 0 Å². The molecule has 0 aromatic heterocycles. The van der Waals surface area contributed by atoms with Gasteiger partial charge in [-0.05, 0) is 0 Å². The molecule has 0 saturated heterocycles. The van der Waals surface area contributed by atoms with E-state index < -0.39 is 33.4 Å². The maximum atomic E-state index is 10.4. The van der Waals surface area contributed by atoms with Crippen LogP contribution in [-0.4, -0.2) is 80.2 Å². The van der Waals surface area contributed by atoms with Gasteiger partial charge in [0.2, 0.25) is 5.85 Å². The summed E-state index contributed by atoms with van der Waals surface area (Å²) in [5, 5.41) is 17.0. The fourth-order valence-electron chi connectivity index (χ4n) is 0.703. The Kier molecular flexibility index (Phi) is 8.80. The van der Waals surface area contributed by atoms with Crippen molar-refractivity contribution in [1.29, 1.82) is 0 Å². The molecular formula is C7H23N2O8P2+. The first kappa shape index (κ1) is 21.4. The van der Waals surface area contributed by atoms with Crippen molar-refractivity contribution < 1.29 is 43.4 Å². The standard InChI is InChI=1S/C5H14NO4P.C2H8NO4P/c1-6(2,3)4-5(7)11(8,9)10;3-2(1-4)8(5,6)7/h5,7H,4H2,1-3H3,(H-,8,9,10);2,4H,1,3H2,(H2,5,6,7)/p+1. The Bertz CT molecular complexity index is 345. The van der Waals surface area contributed by atoms with Gasteiger partial charge in [0.25, 0.3) is 0 Å². The number of rotatable bonds is 5. The van der Waals surface area contributed by atoms with E-state index in [0.717, 1.165) is 0 Å². The average molecular weight is 325 g/mol. The third-order valence-electron chi connectivity index (χ3n) is 1.72. The summed E-state index contributed by atoms with van der Waals surface area (Å²) in [4.78, 5) is 33.2. The molecule has 0 rings (SSSR count). The van der Waals surface area contributed by atoms with Gasteiger partial charge in [-0.3, -0.25) is 9.13 Å². The number of hydrogen-bond donors (Lipinski definition) is 7. The molecule has 19 heavy (non-hydrogen) atoms. The van der Waals surface area contributed by atoms with Gasteiger partial charge in [0, 0.05) is 0 Å². The third kappa shape index (κ3) is 12.9. The van der Waals surface area contributed by atoms with Gasteiger partial charge in [-0.15, -0.1) is 0 Å². The number of aliphatic hydroxyl groups excluding tert-OH is 2. The van der Waals surface area contributed by atoms with Gasteiger partial charge in [0.15, 0.2) is 0 Å². The second-order valence-corrected chi connectivity index (χ2v) is 8.50. The molecule has 12 heteroatoms. The van der Waals surface area contributed by atoms with E-state index >= 15 is 0 Å². The lowest BCUT2D eigenvalue weighted by Gasteiger charge is -2.26. The normalized spacial score (nSPS) is 16.3. The van der Waals surface area contributed by atoms with E-state index in [2.05, 4.69) is 0 Å². The second-order valence-electron chi connectivity index (χ2n) is 4.88. The van der Waals surface area contributed by atoms with Crippen molar-refractivity contribution in [3.8, 4) is 0 Å². The molecule has 0 radical (unpaired) electrons. The third-order valence-corrected chi connectivity index (χ3v) is 3.69. The molecule has 2 unspecified atom stereocenters. The number of nitrogens with two attached hydrogens (primary N) is 1. The van der Waals surface area contributed by atoms with E-state index in [1.54, 1.807) is 21.1 Å². The minimum Gasteiger partial charge on any atom is -0.394 e. The zero-order valence-electron chi connectivity index (χ0n) is 11.0. The van der Waals surface area contributed by atoms with Crippen LogP contribution >= 0.6 is 15.2 Å². The molecule has 0 aliphatic carbocycles. The van der Waals surface area contributed by atoms with Crippen LogP contribution in [0.4, 0.5) is 0 Å². The predicted molar refractivity (Wildman–Crippen MR) is 68.1 cm³/mol. The smallest absolute Gasteiger partial charge is 0.359 e. The average Bonchev–Trinajstić information content (AvgIpc) is 2.11. The highest BCUT2D eigenvalue weighted by Gasteiger charge is 2.31. The van der Waals surface area contributed by atoms with Gasteiger partial charge in [-0.25, -0.2) is 0 Å². The molecule has 118 valence electrons. The molecular weight excluding hydrogens is 302 g/mol. The number of quaternary nitrogens is 1. The van der Waals surface area contributed by atoms with E-state index in [9.17, 15) is 9.13 Å². The van der Waals surface area contributed by atoms with Gasteiger partial charge in [0.1, 0.15) is 12.3 Å². The van der Waals surface area contributed by atoms with Crippen LogP contribution in [0.3, 0.4) is 0 Å². The highest BCUT2D eigenvalue weighted by atomic mass is 31.2. The first-order valence-electron chi connectivity index (χ1n) is 5.06. The van der Waals surface area contributed by atoms with E-state index in [4.69, 9.17) is 35.5 Å². The molecule has 0 spiro atoms. The molecule has 0 aliphatic rings. The Morgan fingerprint density at radius 1 is 1.05 bits per heavy atom. The highest BCUT2D eigenvalue weighted by molar-refractivity contribution is 7.52.